The first-order valence-electron chi connectivity index (χ1n) is 2.56. The van der Waals surface area contributed by atoms with Crippen LogP contribution in [0.5, 0.6) is 0 Å². The van der Waals surface area contributed by atoms with Gasteiger partial charge in [0.15, 0.2) is 0 Å². The highest BCUT2D eigenvalue weighted by Gasteiger charge is 1.91. The van der Waals surface area contributed by atoms with Gasteiger partial charge in [0.05, 0.1) is 0 Å². The highest BCUT2D eigenvalue weighted by molar-refractivity contribution is 5.59. The predicted octanol–water partition coefficient (Wildman–Crippen LogP) is 0.689. The Morgan fingerprint density at radius 3 is 1.33 bits per heavy atom. The number of rotatable bonds is 0. The molecule has 0 aliphatic rings. The van der Waals surface area contributed by atoms with E-state index in [0.717, 1.165) is 11.2 Å². The molecule has 3 nitrogen and oxygen atoms in total. The summed E-state index contributed by atoms with van der Waals surface area (Å²) in [6.45, 7) is 0. The smallest absolute Gasteiger partial charge is 0.127 e. The monoisotopic (exact) mass is 124 g/mol. The third-order valence-electron chi connectivity index (χ3n) is 1.06. The molecular formula is C6H8N2O. The average molecular weight is 124 g/mol. The van der Waals surface area contributed by atoms with Crippen molar-refractivity contribution in [3.8, 4) is 0 Å². The number of furan rings is 2. The Bertz CT molecular complexity index is 207. The van der Waals surface area contributed by atoms with Crippen LogP contribution in [0.25, 0.3) is 11.2 Å². The molecule has 2 rings (SSSR count). The maximum absolute atomic E-state index is 5.08. The van der Waals surface area contributed by atoms with Crippen LogP contribution in [0.4, 0.5) is 0 Å². The highest BCUT2D eigenvalue weighted by Crippen LogP contribution is 2.13. The Labute approximate surface area is 52.5 Å². The molecule has 2 aromatic rings. The van der Waals surface area contributed by atoms with E-state index in [-0.39, 0.29) is 0 Å². The second-order valence-corrected chi connectivity index (χ2v) is 1.57. The molecule has 2 bridgehead atoms. The molecule has 0 spiro atoms. The molecule has 0 unspecified atom stereocenters. The molecule has 0 saturated heterocycles. The molecule has 0 aromatic carbocycles. The van der Waals surface area contributed by atoms with Crippen molar-refractivity contribution in [2.24, 2.45) is 11.7 Å². The average Bonchev–Trinajstić information content (AvgIpc) is 2.53. The second kappa shape index (κ2) is 2.48. The predicted molar refractivity (Wildman–Crippen MR) is 35.8 cm³/mol. The Balaban J connectivity index is 0.000000186. The van der Waals surface area contributed by atoms with E-state index in [1.165, 1.54) is 0 Å². The van der Waals surface area contributed by atoms with Gasteiger partial charge >= 0.3 is 0 Å². The van der Waals surface area contributed by atoms with Crippen molar-refractivity contribution < 1.29 is 4.42 Å². The van der Waals surface area contributed by atoms with Gasteiger partial charge in [0.1, 0.15) is 11.2 Å². The molecule has 3 heteroatoms. The lowest BCUT2D eigenvalue weighted by atomic mass is 10.4. The SMILES string of the molecule is NN.c1cc2ccc1o2. The molecule has 48 valence electrons. The summed E-state index contributed by atoms with van der Waals surface area (Å²) in [6.07, 6.45) is 0. The zero-order valence-electron chi connectivity index (χ0n) is 4.87. The van der Waals surface area contributed by atoms with Gasteiger partial charge in [0.2, 0.25) is 0 Å². The van der Waals surface area contributed by atoms with E-state index in [9.17, 15) is 0 Å². The van der Waals surface area contributed by atoms with Crippen LogP contribution in [0.3, 0.4) is 0 Å². The Morgan fingerprint density at radius 2 is 1.22 bits per heavy atom. The number of hydrogen-bond donors (Lipinski definition) is 2. The summed E-state index contributed by atoms with van der Waals surface area (Å²) in [5.74, 6) is 8.00. The molecule has 4 N–H and O–H groups in total. The standard InChI is InChI=1S/C6H4O.H4N2/c1-2-6-4-3-5(1)7-6;1-2/h1-4H;1-2H2. The van der Waals surface area contributed by atoms with E-state index in [4.69, 9.17) is 4.42 Å². The van der Waals surface area contributed by atoms with Crippen LogP contribution in [0, 0.1) is 0 Å². The van der Waals surface area contributed by atoms with E-state index in [1.54, 1.807) is 0 Å². The maximum Gasteiger partial charge on any atom is 0.127 e. The number of hydrogen-bond acceptors (Lipinski definition) is 3. The van der Waals surface area contributed by atoms with Crippen molar-refractivity contribution in [3.05, 3.63) is 24.3 Å². The summed E-state index contributed by atoms with van der Waals surface area (Å²) in [5, 5.41) is 0. The number of nitrogens with two attached hydrogens (primary N) is 2. The summed E-state index contributed by atoms with van der Waals surface area (Å²) in [4.78, 5) is 0. The lowest BCUT2D eigenvalue weighted by molar-refractivity contribution is 0.675. The minimum atomic E-state index is 0.968. The van der Waals surface area contributed by atoms with Gasteiger partial charge in [-0.2, -0.15) is 0 Å². The van der Waals surface area contributed by atoms with Crippen LogP contribution in [0.1, 0.15) is 0 Å². The van der Waals surface area contributed by atoms with Crippen LogP contribution < -0.4 is 11.7 Å². The molecule has 0 saturated carbocycles. The Hall–Kier alpha value is -1.06. The second-order valence-electron chi connectivity index (χ2n) is 1.57. The van der Waals surface area contributed by atoms with Crippen LogP contribution in [-0.2, 0) is 0 Å². The fraction of sp³-hybridized carbons (Fsp3) is 0. The van der Waals surface area contributed by atoms with E-state index in [1.807, 2.05) is 24.3 Å². The first kappa shape index (κ1) is 6.07. The molecule has 0 aliphatic carbocycles. The zero-order chi connectivity index (χ0) is 6.69. The van der Waals surface area contributed by atoms with Gasteiger partial charge < -0.3 is 4.42 Å². The molecule has 2 aromatic heterocycles. The number of hydrazine groups is 1. The Kier molecular flexibility index (Phi) is 1.67. The molecule has 0 aliphatic heterocycles. The fourth-order valence-corrected chi connectivity index (χ4v) is 0.712. The molecular weight excluding hydrogens is 116 g/mol. The first-order valence-corrected chi connectivity index (χ1v) is 2.56. The normalized spacial score (nSPS) is 9.11. The van der Waals surface area contributed by atoms with Crippen molar-refractivity contribution in [2.75, 3.05) is 0 Å². The van der Waals surface area contributed by atoms with Crippen molar-refractivity contribution in [1.82, 2.24) is 0 Å². The van der Waals surface area contributed by atoms with Gasteiger partial charge in [-0.25, -0.2) is 0 Å². The minimum absolute atomic E-state index is 0.968. The Morgan fingerprint density at radius 1 is 0.889 bits per heavy atom. The quantitative estimate of drug-likeness (QED) is 0.401. The maximum atomic E-state index is 5.08. The van der Waals surface area contributed by atoms with Crippen molar-refractivity contribution in [1.29, 1.82) is 0 Å². The van der Waals surface area contributed by atoms with E-state index < -0.39 is 0 Å². The van der Waals surface area contributed by atoms with Crippen LogP contribution in [0.15, 0.2) is 28.7 Å². The van der Waals surface area contributed by atoms with Gasteiger partial charge in [-0.1, -0.05) is 0 Å². The van der Waals surface area contributed by atoms with Crippen molar-refractivity contribution >= 4 is 11.2 Å². The van der Waals surface area contributed by atoms with E-state index >= 15 is 0 Å². The van der Waals surface area contributed by atoms with E-state index in [0.29, 0.717) is 0 Å². The van der Waals surface area contributed by atoms with Crippen molar-refractivity contribution in [3.63, 3.8) is 0 Å². The summed E-state index contributed by atoms with van der Waals surface area (Å²) in [5.41, 5.74) is 1.94. The minimum Gasteiger partial charge on any atom is -0.457 e. The van der Waals surface area contributed by atoms with Crippen LogP contribution in [0.2, 0.25) is 0 Å². The first-order chi connectivity index (χ1) is 4.45. The van der Waals surface area contributed by atoms with Gasteiger partial charge in [0, 0.05) is 0 Å². The third kappa shape index (κ3) is 1.01. The zero-order valence-corrected chi connectivity index (χ0v) is 4.87. The molecule has 2 heterocycles. The number of benzene rings is 1. The van der Waals surface area contributed by atoms with Gasteiger partial charge in [-0.05, 0) is 24.3 Å². The van der Waals surface area contributed by atoms with Gasteiger partial charge in [0.25, 0.3) is 0 Å². The number of fused-ring (bicyclic) bond motifs is 2. The molecule has 0 atom stereocenters. The summed E-state index contributed by atoms with van der Waals surface area (Å²) < 4.78 is 5.08. The summed E-state index contributed by atoms with van der Waals surface area (Å²) in [7, 11) is 0. The van der Waals surface area contributed by atoms with Crippen LogP contribution in [-0.4, -0.2) is 0 Å². The van der Waals surface area contributed by atoms with Crippen LogP contribution >= 0.6 is 0 Å². The summed E-state index contributed by atoms with van der Waals surface area (Å²) in [6, 6.07) is 7.81. The van der Waals surface area contributed by atoms with Gasteiger partial charge in [-0.3, -0.25) is 11.7 Å². The largest absolute Gasteiger partial charge is 0.457 e. The van der Waals surface area contributed by atoms with Crippen molar-refractivity contribution in [2.45, 2.75) is 0 Å². The topological polar surface area (TPSA) is 65.2 Å². The molecule has 0 radical (unpaired) electrons. The highest BCUT2D eigenvalue weighted by atomic mass is 16.3. The van der Waals surface area contributed by atoms with E-state index in [2.05, 4.69) is 11.7 Å². The lowest BCUT2D eigenvalue weighted by Gasteiger charge is -1.60. The molecule has 0 amide bonds. The lowest BCUT2D eigenvalue weighted by Crippen LogP contribution is -2.02. The molecule has 9 heavy (non-hydrogen) atoms. The summed E-state index contributed by atoms with van der Waals surface area (Å²) >= 11 is 0. The third-order valence-corrected chi connectivity index (χ3v) is 1.06. The fourth-order valence-electron chi connectivity index (χ4n) is 0.712. The van der Waals surface area contributed by atoms with Gasteiger partial charge in [-0.15, -0.1) is 0 Å². The molecule has 0 fully saturated rings.